The SMILES string of the molecule is CC(C)C[C@H](NC(=O)/C=C/c1ccc(OP(=O)(O)O)cc1)C(=O)N1CCC[C@H]1C(=O)NC/C=C/C(N)=O. The van der Waals surface area contributed by atoms with Crippen molar-refractivity contribution in [2.24, 2.45) is 11.7 Å². The first-order chi connectivity index (χ1) is 17.4. The van der Waals surface area contributed by atoms with Gasteiger partial charge in [0, 0.05) is 25.2 Å². The lowest BCUT2D eigenvalue weighted by Gasteiger charge is -2.29. The average molecular weight is 537 g/mol. The number of rotatable bonds is 12. The second-order valence-corrected chi connectivity index (χ2v) is 10.1. The van der Waals surface area contributed by atoms with Crippen molar-refractivity contribution < 1.29 is 38.1 Å². The molecule has 4 amide bonds. The third-order valence-corrected chi connectivity index (χ3v) is 5.82. The third kappa shape index (κ3) is 10.6. The fourth-order valence-electron chi connectivity index (χ4n) is 3.82. The predicted octanol–water partition coefficient (Wildman–Crippen LogP) is 0.851. The Morgan fingerprint density at radius 1 is 1.19 bits per heavy atom. The maximum absolute atomic E-state index is 13.3. The Morgan fingerprint density at radius 3 is 2.46 bits per heavy atom. The number of carbonyl (C=O) groups excluding carboxylic acids is 4. The van der Waals surface area contributed by atoms with Gasteiger partial charge >= 0.3 is 7.82 Å². The largest absolute Gasteiger partial charge is 0.524 e. The van der Waals surface area contributed by atoms with E-state index in [-0.39, 0.29) is 30.0 Å². The van der Waals surface area contributed by atoms with E-state index in [0.717, 1.165) is 6.08 Å². The fourth-order valence-corrected chi connectivity index (χ4v) is 4.21. The van der Waals surface area contributed by atoms with Gasteiger partial charge in [0.05, 0.1) is 0 Å². The van der Waals surface area contributed by atoms with Crippen molar-refractivity contribution in [3.63, 3.8) is 0 Å². The lowest BCUT2D eigenvalue weighted by molar-refractivity contribution is -0.141. The van der Waals surface area contributed by atoms with Crippen molar-refractivity contribution in [2.75, 3.05) is 13.1 Å². The molecule has 0 saturated carbocycles. The number of nitrogens with zero attached hydrogens (tertiary/aromatic N) is 1. The minimum absolute atomic E-state index is 0.0226. The van der Waals surface area contributed by atoms with E-state index in [1.54, 1.807) is 0 Å². The summed E-state index contributed by atoms with van der Waals surface area (Å²) in [6.45, 7) is 4.33. The molecule has 0 aliphatic carbocycles. The highest BCUT2D eigenvalue weighted by Gasteiger charge is 2.37. The molecule has 0 aromatic heterocycles. The van der Waals surface area contributed by atoms with Gasteiger partial charge in [-0.25, -0.2) is 4.57 Å². The first-order valence-electron chi connectivity index (χ1n) is 11.7. The Kier molecular flexibility index (Phi) is 11.0. The second kappa shape index (κ2) is 13.7. The Morgan fingerprint density at radius 2 is 1.86 bits per heavy atom. The van der Waals surface area contributed by atoms with Crippen LogP contribution in [0.4, 0.5) is 0 Å². The normalized spacial score (nSPS) is 16.8. The van der Waals surface area contributed by atoms with Gasteiger partial charge in [0.15, 0.2) is 0 Å². The average Bonchev–Trinajstić information content (AvgIpc) is 3.29. The molecule has 2 atom stereocenters. The van der Waals surface area contributed by atoms with E-state index in [2.05, 4.69) is 15.2 Å². The second-order valence-electron chi connectivity index (χ2n) is 8.91. The van der Waals surface area contributed by atoms with Crippen molar-refractivity contribution in [3.8, 4) is 5.75 Å². The molecule has 6 N–H and O–H groups in total. The third-order valence-electron chi connectivity index (χ3n) is 5.37. The van der Waals surface area contributed by atoms with Gasteiger partial charge in [0.25, 0.3) is 0 Å². The number of nitrogens with two attached hydrogens (primary N) is 1. The number of hydrogen-bond donors (Lipinski definition) is 5. The summed E-state index contributed by atoms with van der Waals surface area (Å²) in [5, 5.41) is 5.39. The summed E-state index contributed by atoms with van der Waals surface area (Å²) < 4.78 is 15.4. The number of likely N-dealkylation sites (tertiary alicyclic amines) is 1. The predicted molar refractivity (Wildman–Crippen MR) is 136 cm³/mol. The van der Waals surface area contributed by atoms with E-state index >= 15 is 0 Å². The molecule has 12 nitrogen and oxygen atoms in total. The van der Waals surface area contributed by atoms with Crippen LogP contribution in [0.2, 0.25) is 0 Å². The fraction of sp³-hybridized carbons (Fsp3) is 0.417. The van der Waals surface area contributed by atoms with Crippen LogP contribution in [0.3, 0.4) is 0 Å². The van der Waals surface area contributed by atoms with E-state index in [1.807, 2.05) is 13.8 Å². The van der Waals surface area contributed by atoms with Crippen LogP contribution >= 0.6 is 7.82 Å². The van der Waals surface area contributed by atoms with Gasteiger partial charge in [0.1, 0.15) is 17.8 Å². The van der Waals surface area contributed by atoms with Crippen LogP contribution in [0.15, 0.2) is 42.5 Å². The van der Waals surface area contributed by atoms with Crippen molar-refractivity contribution in [1.82, 2.24) is 15.5 Å². The van der Waals surface area contributed by atoms with E-state index in [0.29, 0.717) is 31.4 Å². The van der Waals surface area contributed by atoms with Gasteiger partial charge in [-0.1, -0.05) is 32.1 Å². The number of phosphoric ester groups is 1. The van der Waals surface area contributed by atoms with Gasteiger partial charge in [-0.3, -0.25) is 29.0 Å². The molecule has 202 valence electrons. The number of amides is 4. The van der Waals surface area contributed by atoms with Crippen LogP contribution in [-0.2, 0) is 23.7 Å². The summed E-state index contributed by atoms with van der Waals surface area (Å²) >= 11 is 0. The summed E-state index contributed by atoms with van der Waals surface area (Å²) in [4.78, 5) is 68.5. The minimum Gasteiger partial charge on any atom is -0.404 e. The van der Waals surface area contributed by atoms with Crippen LogP contribution in [-0.4, -0.2) is 63.5 Å². The molecule has 0 bridgehead atoms. The van der Waals surface area contributed by atoms with Crippen molar-refractivity contribution in [2.45, 2.75) is 45.2 Å². The zero-order valence-corrected chi connectivity index (χ0v) is 21.6. The first kappa shape index (κ1) is 29.8. The van der Waals surface area contributed by atoms with Crippen LogP contribution < -0.4 is 20.9 Å². The highest BCUT2D eigenvalue weighted by Crippen LogP contribution is 2.37. The van der Waals surface area contributed by atoms with Crippen molar-refractivity contribution in [3.05, 3.63) is 48.1 Å². The standard InChI is InChI=1S/C24H33N4O8P/c1-16(2)15-19(24(32)28-14-4-5-20(28)23(31)26-13-3-6-21(25)29)27-22(30)12-9-17-7-10-18(11-8-17)36-37(33,34)35/h3,6-12,16,19-20H,4-5,13-15H2,1-2H3,(H2,25,29)(H,26,31)(H,27,30)(H2,33,34,35)/b6-3+,12-9+/t19-,20-/m0/s1. The molecule has 1 aromatic carbocycles. The molecule has 1 aliphatic rings. The van der Waals surface area contributed by atoms with Gasteiger partial charge in [-0.15, -0.1) is 0 Å². The van der Waals surface area contributed by atoms with Crippen molar-refractivity contribution in [1.29, 1.82) is 0 Å². The monoisotopic (exact) mass is 536 g/mol. The Hall–Kier alpha value is -3.47. The molecule has 0 unspecified atom stereocenters. The number of carbonyl (C=O) groups is 4. The quantitative estimate of drug-likeness (QED) is 0.192. The van der Waals surface area contributed by atoms with E-state index < -0.39 is 31.7 Å². The lowest BCUT2D eigenvalue weighted by atomic mass is 10.0. The maximum atomic E-state index is 13.3. The van der Waals surface area contributed by atoms with Gasteiger partial charge in [-0.2, -0.15) is 0 Å². The number of hydrogen-bond acceptors (Lipinski definition) is 6. The Balaban J connectivity index is 2.03. The van der Waals surface area contributed by atoms with Crippen molar-refractivity contribution >= 4 is 37.5 Å². The summed E-state index contributed by atoms with van der Waals surface area (Å²) in [5.74, 6) is -1.76. The smallest absolute Gasteiger partial charge is 0.404 e. The maximum Gasteiger partial charge on any atom is 0.524 e. The molecule has 1 aliphatic heterocycles. The van der Waals surface area contributed by atoms with Crippen LogP contribution in [0, 0.1) is 5.92 Å². The van der Waals surface area contributed by atoms with Gasteiger partial charge in [-0.05, 0) is 49.0 Å². The molecule has 37 heavy (non-hydrogen) atoms. The molecule has 1 heterocycles. The number of nitrogens with one attached hydrogen (secondary N) is 2. The zero-order chi connectivity index (χ0) is 27.6. The molecular formula is C24H33N4O8P. The van der Waals surface area contributed by atoms with Gasteiger partial charge in [0.2, 0.25) is 23.6 Å². The number of phosphoric acid groups is 1. The molecule has 1 saturated heterocycles. The first-order valence-corrected chi connectivity index (χ1v) is 13.3. The molecule has 0 spiro atoms. The number of benzene rings is 1. The summed E-state index contributed by atoms with van der Waals surface area (Å²) in [5.41, 5.74) is 5.60. The summed E-state index contributed by atoms with van der Waals surface area (Å²) in [7, 11) is -4.66. The van der Waals surface area contributed by atoms with Crippen LogP contribution in [0.25, 0.3) is 6.08 Å². The molecule has 1 fully saturated rings. The lowest BCUT2D eigenvalue weighted by Crippen LogP contribution is -2.53. The topological polar surface area (TPSA) is 188 Å². The Bertz CT molecular complexity index is 1080. The Labute approximate surface area is 215 Å². The number of primary amides is 1. The highest BCUT2D eigenvalue weighted by molar-refractivity contribution is 7.46. The molecule has 13 heteroatoms. The molecule has 1 aromatic rings. The van der Waals surface area contributed by atoms with E-state index in [9.17, 15) is 23.7 Å². The molecular weight excluding hydrogens is 503 g/mol. The zero-order valence-electron chi connectivity index (χ0n) is 20.7. The molecule has 2 rings (SSSR count). The van der Waals surface area contributed by atoms with Gasteiger partial charge < -0.3 is 25.8 Å². The molecule has 0 radical (unpaired) electrons. The minimum atomic E-state index is -4.66. The van der Waals surface area contributed by atoms with Crippen LogP contribution in [0.1, 0.15) is 38.7 Å². The summed E-state index contributed by atoms with van der Waals surface area (Å²) in [6.07, 6.45) is 6.81. The highest BCUT2D eigenvalue weighted by atomic mass is 31.2. The van der Waals surface area contributed by atoms with E-state index in [4.69, 9.17) is 15.5 Å². The van der Waals surface area contributed by atoms with Crippen LogP contribution in [0.5, 0.6) is 5.75 Å². The van der Waals surface area contributed by atoms with E-state index in [1.165, 1.54) is 47.4 Å². The summed E-state index contributed by atoms with van der Waals surface area (Å²) in [6, 6.07) is 4.22.